The van der Waals surface area contributed by atoms with E-state index in [0.717, 1.165) is 0 Å². The fraction of sp³-hybridized carbons (Fsp3) is 0. The van der Waals surface area contributed by atoms with Gasteiger partial charge in [0, 0.05) is 5.56 Å². The van der Waals surface area contributed by atoms with E-state index >= 15 is 0 Å². The molecule has 0 aliphatic heterocycles. The maximum absolute atomic E-state index is 11.9. The molecule has 2 rings (SSSR count). The van der Waals surface area contributed by atoms with E-state index in [1.165, 1.54) is 12.1 Å². The van der Waals surface area contributed by atoms with Crippen molar-refractivity contribution in [3.63, 3.8) is 0 Å². The fourth-order valence-electron chi connectivity index (χ4n) is 1.66. The van der Waals surface area contributed by atoms with Crippen molar-refractivity contribution in [1.29, 1.82) is 10.5 Å². The summed E-state index contributed by atoms with van der Waals surface area (Å²) < 4.78 is 0. The third-order valence-electron chi connectivity index (χ3n) is 2.50. The quantitative estimate of drug-likeness (QED) is 0.729. The average Bonchev–Trinajstić information content (AvgIpc) is 2.40. The molecule has 1 aliphatic rings. The minimum absolute atomic E-state index is 0.00931. The fourth-order valence-corrected chi connectivity index (χ4v) is 2.03. The van der Waals surface area contributed by atoms with Gasteiger partial charge in [0.25, 0.3) is 0 Å². The molecule has 1 aromatic carbocycles. The highest BCUT2D eigenvalue weighted by Crippen LogP contribution is 2.33. The standard InChI is InChI=1S/C12H2Cl2N2O2/c13-9-10(14)12(18)8-6(11(9)17)2-1-5(3-15)7(8)4-16/h1-2H. The summed E-state index contributed by atoms with van der Waals surface area (Å²) in [6.07, 6.45) is 0. The van der Waals surface area contributed by atoms with Crippen LogP contribution in [0.2, 0.25) is 0 Å². The number of rotatable bonds is 0. The molecule has 1 aromatic rings. The first-order valence-electron chi connectivity index (χ1n) is 4.64. The Balaban J connectivity index is 2.90. The molecular formula is C12H2Cl2N2O2. The van der Waals surface area contributed by atoms with Gasteiger partial charge in [0.05, 0.1) is 16.7 Å². The van der Waals surface area contributed by atoms with Crippen molar-refractivity contribution in [3.05, 3.63) is 44.5 Å². The number of carbonyl (C=O) groups is 2. The molecule has 0 radical (unpaired) electrons. The van der Waals surface area contributed by atoms with E-state index in [1.807, 2.05) is 0 Å². The maximum atomic E-state index is 11.9. The molecular weight excluding hydrogens is 275 g/mol. The van der Waals surface area contributed by atoms with Crippen LogP contribution in [-0.2, 0) is 0 Å². The molecule has 0 heterocycles. The highest BCUT2D eigenvalue weighted by molar-refractivity contribution is 6.59. The van der Waals surface area contributed by atoms with Gasteiger partial charge in [-0.1, -0.05) is 23.2 Å². The number of carbonyl (C=O) groups excluding carboxylic acids is 2. The number of allylic oxidation sites excluding steroid dienone is 2. The maximum Gasteiger partial charge on any atom is 0.208 e. The number of hydrogen-bond donors (Lipinski definition) is 0. The van der Waals surface area contributed by atoms with E-state index in [4.69, 9.17) is 33.7 Å². The van der Waals surface area contributed by atoms with E-state index in [-0.39, 0.29) is 27.3 Å². The summed E-state index contributed by atoms with van der Waals surface area (Å²) in [6.45, 7) is 0. The Kier molecular flexibility index (Phi) is 2.92. The van der Waals surface area contributed by atoms with Gasteiger partial charge in [-0.05, 0) is 12.1 Å². The van der Waals surface area contributed by atoms with Crippen LogP contribution in [0.3, 0.4) is 0 Å². The lowest BCUT2D eigenvalue weighted by Gasteiger charge is -2.15. The lowest BCUT2D eigenvalue weighted by Crippen LogP contribution is -2.19. The van der Waals surface area contributed by atoms with Gasteiger partial charge in [0.2, 0.25) is 11.6 Å². The number of Topliss-reactive ketones (excluding diaryl/α,β-unsaturated/α-hetero) is 2. The van der Waals surface area contributed by atoms with Crippen LogP contribution in [-0.4, -0.2) is 11.6 Å². The Morgan fingerprint density at radius 3 is 2.11 bits per heavy atom. The third-order valence-corrected chi connectivity index (χ3v) is 3.32. The summed E-state index contributed by atoms with van der Waals surface area (Å²) in [4.78, 5) is 23.8. The van der Waals surface area contributed by atoms with Crippen LogP contribution < -0.4 is 0 Å². The van der Waals surface area contributed by atoms with E-state index in [1.54, 1.807) is 12.1 Å². The van der Waals surface area contributed by atoms with Crippen LogP contribution in [0.1, 0.15) is 31.8 Å². The molecule has 4 nitrogen and oxygen atoms in total. The summed E-state index contributed by atoms with van der Waals surface area (Å²) in [5, 5.41) is 17.1. The molecule has 0 saturated heterocycles. The van der Waals surface area contributed by atoms with Gasteiger partial charge < -0.3 is 0 Å². The van der Waals surface area contributed by atoms with E-state index in [2.05, 4.69) is 0 Å². The van der Waals surface area contributed by atoms with Gasteiger partial charge in [-0.2, -0.15) is 10.5 Å². The molecule has 0 atom stereocenters. The lowest BCUT2D eigenvalue weighted by atomic mass is 9.88. The third kappa shape index (κ3) is 1.52. The van der Waals surface area contributed by atoms with Gasteiger partial charge in [-0.15, -0.1) is 0 Å². The Labute approximate surface area is 112 Å². The Morgan fingerprint density at radius 1 is 0.944 bits per heavy atom. The second-order valence-corrected chi connectivity index (χ2v) is 4.18. The van der Waals surface area contributed by atoms with Crippen molar-refractivity contribution in [3.8, 4) is 12.1 Å². The Bertz CT molecular complexity index is 721. The minimum Gasteiger partial charge on any atom is -0.288 e. The molecule has 86 valence electrons. The number of fused-ring (bicyclic) bond motifs is 1. The van der Waals surface area contributed by atoms with Crippen LogP contribution in [0.4, 0.5) is 0 Å². The zero-order valence-corrected chi connectivity index (χ0v) is 10.1. The number of nitrogens with zero attached hydrogens (tertiary/aromatic N) is 2. The molecule has 0 fully saturated rings. The summed E-state index contributed by atoms with van der Waals surface area (Å²) in [6, 6.07) is 6.11. The summed E-state index contributed by atoms with van der Waals surface area (Å²) in [5.74, 6) is -1.35. The minimum atomic E-state index is -0.718. The van der Waals surface area contributed by atoms with Gasteiger partial charge in [-0.25, -0.2) is 0 Å². The van der Waals surface area contributed by atoms with Crippen LogP contribution >= 0.6 is 23.2 Å². The van der Waals surface area contributed by atoms with Crippen LogP contribution in [0, 0.1) is 22.7 Å². The van der Waals surface area contributed by atoms with Crippen LogP contribution in [0.25, 0.3) is 0 Å². The predicted octanol–water partition coefficient (Wildman–Crippen LogP) is 2.50. The number of ketones is 2. The van der Waals surface area contributed by atoms with Crippen molar-refractivity contribution in [2.24, 2.45) is 0 Å². The second kappa shape index (κ2) is 4.27. The summed E-state index contributed by atoms with van der Waals surface area (Å²) >= 11 is 11.3. The number of benzene rings is 1. The smallest absolute Gasteiger partial charge is 0.208 e. The van der Waals surface area contributed by atoms with Gasteiger partial charge in [0.1, 0.15) is 22.2 Å². The molecule has 18 heavy (non-hydrogen) atoms. The Hall–Kier alpha value is -2.14. The summed E-state index contributed by atoms with van der Waals surface area (Å²) in [7, 11) is 0. The topological polar surface area (TPSA) is 81.7 Å². The van der Waals surface area contributed by atoms with E-state index in [9.17, 15) is 9.59 Å². The zero-order valence-electron chi connectivity index (χ0n) is 8.62. The highest BCUT2D eigenvalue weighted by Gasteiger charge is 2.33. The molecule has 0 bridgehead atoms. The number of halogens is 2. The average molecular weight is 277 g/mol. The highest BCUT2D eigenvalue weighted by atomic mass is 35.5. The van der Waals surface area contributed by atoms with Crippen molar-refractivity contribution in [1.82, 2.24) is 0 Å². The molecule has 1 aliphatic carbocycles. The van der Waals surface area contributed by atoms with Crippen molar-refractivity contribution in [2.45, 2.75) is 0 Å². The molecule has 0 N–H and O–H groups in total. The SMILES string of the molecule is N#Cc1ccc2c(c1C#N)C(=O)C(Cl)=C(Cl)C2=O. The molecule has 6 heteroatoms. The number of nitriles is 2. The zero-order chi connectivity index (χ0) is 13.4. The molecule has 0 spiro atoms. The largest absolute Gasteiger partial charge is 0.288 e. The van der Waals surface area contributed by atoms with Gasteiger partial charge in [-0.3, -0.25) is 9.59 Å². The predicted molar refractivity (Wildman–Crippen MR) is 63.3 cm³/mol. The van der Waals surface area contributed by atoms with Crippen molar-refractivity contribution < 1.29 is 9.59 Å². The molecule has 0 amide bonds. The molecule has 0 aromatic heterocycles. The normalized spacial score (nSPS) is 14.0. The van der Waals surface area contributed by atoms with E-state index in [0.29, 0.717) is 0 Å². The molecule has 0 saturated carbocycles. The van der Waals surface area contributed by atoms with Crippen molar-refractivity contribution >= 4 is 34.8 Å². The second-order valence-electron chi connectivity index (χ2n) is 3.42. The first-order valence-corrected chi connectivity index (χ1v) is 5.40. The molecule has 0 unspecified atom stereocenters. The van der Waals surface area contributed by atoms with E-state index < -0.39 is 16.6 Å². The monoisotopic (exact) mass is 276 g/mol. The first-order chi connectivity index (χ1) is 8.52. The Morgan fingerprint density at radius 2 is 1.56 bits per heavy atom. The van der Waals surface area contributed by atoms with Crippen LogP contribution in [0.5, 0.6) is 0 Å². The van der Waals surface area contributed by atoms with Crippen molar-refractivity contribution in [2.75, 3.05) is 0 Å². The first kappa shape index (κ1) is 12.3. The van der Waals surface area contributed by atoms with Gasteiger partial charge in [0.15, 0.2) is 0 Å². The summed E-state index contributed by atoms with van der Waals surface area (Å²) in [5.41, 5.74) is -0.309. The lowest BCUT2D eigenvalue weighted by molar-refractivity contribution is 0.0986. The van der Waals surface area contributed by atoms with Crippen LogP contribution in [0.15, 0.2) is 22.2 Å². The number of hydrogen-bond acceptors (Lipinski definition) is 4. The van der Waals surface area contributed by atoms with Gasteiger partial charge >= 0.3 is 0 Å².